The van der Waals surface area contributed by atoms with Crippen LogP contribution in [0.5, 0.6) is 0 Å². The number of hydrogen-bond acceptors (Lipinski definition) is 6. The van der Waals surface area contributed by atoms with E-state index in [1.54, 1.807) is 62.3 Å². The van der Waals surface area contributed by atoms with Gasteiger partial charge in [-0.1, -0.05) is 55.4 Å². The molecule has 0 aromatic heterocycles. The fourth-order valence-corrected chi connectivity index (χ4v) is 0. The van der Waals surface area contributed by atoms with Gasteiger partial charge in [0, 0.05) is 54.1 Å². The summed E-state index contributed by atoms with van der Waals surface area (Å²) in [6.45, 7) is 14.8. The summed E-state index contributed by atoms with van der Waals surface area (Å²) in [5.41, 5.74) is 0. The van der Waals surface area contributed by atoms with Crippen LogP contribution in [0.1, 0.15) is 62.3 Å². The van der Waals surface area contributed by atoms with Gasteiger partial charge in [0.25, 0.3) is 0 Å². The molecule has 0 aliphatic heterocycles. The van der Waals surface area contributed by atoms with Gasteiger partial charge in [0.15, 0.2) is 0 Å². The second-order valence-electron chi connectivity index (χ2n) is 4.51. The Morgan fingerprint density at radius 1 is 0.609 bits per heavy atom. The summed E-state index contributed by atoms with van der Waals surface area (Å²) in [4.78, 5) is 0. The Morgan fingerprint density at radius 3 is 0.609 bits per heavy atom. The molecule has 0 saturated carbocycles. The van der Waals surface area contributed by atoms with Crippen LogP contribution in [0.2, 0.25) is 0 Å². The zero-order valence-electron chi connectivity index (χ0n) is 16.5. The Morgan fingerprint density at radius 2 is 0.609 bits per heavy atom. The molecule has 144 valence electrons. The van der Waals surface area contributed by atoms with Gasteiger partial charge in [0.1, 0.15) is 0 Å². The van der Waals surface area contributed by atoms with Crippen LogP contribution in [0.3, 0.4) is 0 Å². The molecule has 0 heterocycles. The summed E-state index contributed by atoms with van der Waals surface area (Å²) in [7, 11) is 1.00. The van der Waals surface area contributed by atoms with Crippen molar-refractivity contribution in [3.63, 3.8) is 0 Å². The normalized spacial score (nSPS) is 7.30. The van der Waals surface area contributed by atoms with Crippen molar-refractivity contribution >= 4 is 0 Å². The van der Waals surface area contributed by atoms with Crippen molar-refractivity contribution < 1.29 is 112 Å². The topological polar surface area (TPSA) is 133 Å². The molecule has 0 bridgehead atoms. The Balaban J connectivity index is -0.0000000195. The van der Waals surface area contributed by atoms with Gasteiger partial charge in [-0.25, -0.2) is 0 Å². The first-order chi connectivity index (χ1) is 9.34. The third-order valence-electron chi connectivity index (χ3n) is 0. The van der Waals surface area contributed by atoms with Crippen LogP contribution in [0.15, 0.2) is 0 Å². The predicted octanol–water partition coefficient (Wildman–Crippen LogP) is -1.37. The van der Waals surface area contributed by atoms with Gasteiger partial charge < -0.3 is 30.6 Å². The summed E-state index contributed by atoms with van der Waals surface area (Å²) < 4.78 is 0. The largest absolute Gasteiger partial charge is 3.00 e. The van der Waals surface area contributed by atoms with Crippen molar-refractivity contribution in [1.82, 2.24) is 0 Å². The van der Waals surface area contributed by atoms with Crippen molar-refractivity contribution in [3.05, 3.63) is 0 Å². The molecule has 0 aliphatic carbocycles. The van der Waals surface area contributed by atoms with E-state index in [1.165, 1.54) is 0 Å². The van der Waals surface area contributed by atoms with E-state index in [4.69, 9.17) is 10.2 Å². The van der Waals surface area contributed by atoms with Crippen LogP contribution >= 0.6 is 0 Å². The molecule has 0 atom stereocenters. The number of aliphatic hydroxyl groups excluding tert-OH is 2. The molecule has 0 rings (SSSR count). The van der Waals surface area contributed by atoms with Crippen molar-refractivity contribution in [2.24, 2.45) is 0 Å². The number of aliphatic hydroxyl groups is 2. The minimum atomic E-state index is -0.417. The van der Waals surface area contributed by atoms with E-state index in [-0.39, 0.29) is 88.3 Å². The smallest absolute Gasteiger partial charge is 0.852 e. The van der Waals surface area contributed by atoms with Crippen LogP contribution in [0.25, 0.3) is 0 Å². The number of rotatable bonds is 0. The summed E-state index contributed by atoms with van der Waals surface area (Å²) in [5.74, 6) is 0. The van der Waals surface area contributed by atoms with E-state index >= 15 is 0 Å². The average Bonchev–Trinajstić information content (AvgIpc) is 2.16. The third kappa shape index (κ3) is 2040. The molecule has 23 heavy (non-hydrogen) atoms. The first kappa shape index (κ1) is 50.0. The van der Waals surface area contributed by atoms with Crippen LogP contribution in [0, 0.1) is 81.7 Å². The molecular weight excluding hydrogens is 567 g/mol. The maximum atomic E-state index is 9.53. The molecule has 0 unspecified atom stereocenters. The SMILES string of the molecule is CC(C)[O-].CC(C)[O-].CC(C)[O-].CC(C)[O-].CCO.CO.[Pr+3].[Sm]. The summed E-state index contributed by atoms with van der Waals surface area (Å²) in [6, 6.07) is 0. The Hall–Kier alpha value is 2.46. The summed E-state index contributed by atoms with van der Waals surface area (Å²) >= 11 is 0. The molecule has 0 amide bonds. The molecule has 8 heteroatoms. The van der Waals surface area contributed by atoms with Gasteiger partial charge >= 0.3 is 41.3 Å². The first-order valence-corrected chi connectivity index (χ1v) is 7.03. The molecule has 2 N–H and O–H groups in total. The fraction of sp³-hybridized carbons (Fsp3) is 1.00. The molecule has 0 saturated heterocycles. The van der Waals surface area contributed by atoms with Gasteiger partial charge in [-0.3, -0.25) is 0 Å². The predicted molar refractivity (Wildman–Crippen MR) is 81.4 cm³/mol. The van der Waals surface area contributed by atoms with Crippen LogP contribution in [-0.4, -0.2) is 48.3 Å². The van der Waals surface area contributed by atoms with E-state index in [1.807, 2.05) is 0 Å². The van der Waals surface area contributed by atoms with Crippen molar-refractivity contribution in [3.8, 4) is 0 Å². The minimum Gasteiger partial charge on any atom is -0.852 e. The maximum Gasteiger partial charge on any atom is 3.00 e. The zero-order valence-corrected chi connectivity index (χ0v) is 22.9. The van der Waals surface area contributed by atoms with Crippen molar-refractivity contribution in [2.75, 3.05) is 13.7 Å². The van der Waals surface area contributed by atoms with E-state index < -0.39 is 24.4 Å². The molecule has 6 nitrogen and oxygen atoms in total. The van der Waals surface area contributed by atoms with E-state index in [0.717, 1.165) is 7.11 Å². The van der Waals surface area contributed by atoms with Crippen molar-refractivity contribution in [1.29, 1.82) is 0 Å². The molecule has 0 radical (unpaired) electrons. The molecule has 0 spiro atoms. The quantitative estimate of drug-likeness (QED) is 0.350. The van der Waals surface area contributed by atoms with Crippen molar-refractivity contribution in [2.45, 2.75) is 86.7 Å². The number of hydrogen-bond donors (Lipinski definition) is 2. The van der Waals surface area contributed by atoms with Gasteiger partial charge in [-0.2, -0.15) is 0 Å². The van der Waals surface area contributed by atoms with Gasteiger partial charge in [-0.15, -0.1) is 24.4 Å². The van der Waals surface area contributed by atoms with Crippen LogP contribution in [0.4, 0.5) is 0 Å². The van der Waals surface area contributed by atoms with Gasteiger partial charge in [-0.05, 0) is 6.92 Å². The van der Waals surface area contributed by atoms with Gasteiger partial charge in [0.05, 0.1) is 0 Å². The van der Waals surface area contributed by atoms with E-state index in [0.29, 0.717) is 0 Å². The third-order valence-corrected chi connectivity index (χ3v) is 0. The van der Waals surface area contributed by atoms with Crippen LogP contribution in [-0.2, 0) is 0 Å². The van der Waals surface area contributed by atoms with E-state index in [2.05, 4.69) is 0 Å². The standard InChI is InChI=1S/4C3H7O.C2H6O.CH4O.Pr.Sm/c4*1-3(2)4;1-2-3;1-2;;/h4*3H,1-2H3;3H,2H2,1H3;2H,1H3;;/q4*-1;;;+3;. The summed E-state index contributed by atoms with van der Waals surface area (Å²) in [5, 5.41) is 52.7. The monoisotopic (exact) mass is 607 g/mol. The molecular formula is C15H38O6PrSm-. The Labute approximate surface area is 210 Å². The van der Waals surface area contributed by atoms with Gasteiger partial charge in [0.2, 0.25) is 0 Å². The maximum absolute atomic E-state index is 9.53. The zero-order chi connectivity index (χ0) is 19.0. The minimum absolute atomic E-state index is 0. The Kier molecular flexibility index (Phi) is 122. The molecule has 0 aliphatic rings. The Bertz CT molecular complexity index is 83.1. The first-order valence-electron chi connectivity index (χ1n) is 7.03. The molecule has 0 aromatic carbocycles. The average molecular weight is 606 g/mol. The fourth-order valence-electron chi connectivity index (χ4n) is 0. The second kappa shape index (κ2) is 56.3. The van der Waals surface area contributed by atoms with E-state index in [9.17, 15) is 20.4 Å². The van der Waals surface area contributed by atoms with Crippen LogP contribution < -0.4 is 20.4 Å². The summed E-state index contributed by atoms with van der Waals surface area (Å²) in [6.07, 6.45) is -1.67. The second-order valence-corrected chi connectivity index (χ2v) is 4.51. The molecule has 0 fully saturated rings. The molecule has 0 aromatic rings.